The number of nitrogens with zero attached hydrogens (tertiary/aromatic N) is 1. The summed E-state index contributed by atoms with van der Waals surface area (Å²) in [6.07, 6.45) is 1.57. The Hall–Kier alpha value is -2.63. The molecular weight excluding hydrogens is 234 g/mol. The molecule has 1 aromatic carbocycles. The number of carboxylic acids is 1. The minimum atomic E-state index is -1.14. The summed E-state index contributed by atoms with van der Waals surface area (Å²) in [7, 11) is 0. The molecule has 0 atom stereocenters. The number of H-pyrrole nitrogens is 1. The van der Waals surface area contributed by atoms with Gasteiger partial charge < -0.3 is 10.4 Å². The number of aromatic carboxylic acids is 1. The van der Waals surface area contributed by atoms with Crippen molar-refractivity contribution in [2.45, 2.75) is 6.92 Å². The molecule has 0 spiro atoms. The van der Waals surface area contributed by atoms with E-state index in [9.17, 15) is 9.59 Å². The molecule has 1 heterocycles. The van der Waals surface area contributed by atoms with Crippen molar-refractivity contribution < 1.29 is 14.7 Å². The fourth-order valence-electron chi connectivity index (χ4n) is 1.52. The fourth-order valence-corrected chi connectivity index (χ4v) is 1.52. The van der Waals surface area contributed by atoms with Crippen LogP contribution < -0.4 is 5.32 Å². The van der Waals surface area contributed by atoms with Crippen molar-refractivity contribution in [3.63, 3.8) is 0 Å². The lowest BCUT2D eigenvalue weighted by molar-refractivity contribution is 0.0692. The monoisotopic (exact) mass is 245 g/mol. The normalized spacial score (nSPS) is 10.1. The van der Waals surface area contributed by atoms with Gasteiger partial charge >= 0.3 is 5.97 Å². The van der Waals surface area contributed by atoms with E-state index in [0.717, 1.165) is 5.56 Å². The Balaban J connectivity index is 2.30. The highest BCUT2D eigenvalue weighted by Gasteiger charge is 2.16. The average molecular weight is 245 g/mol. The van der Waals surface area contributed by atoms with Crippen LogP contribution in [0.2, 0.25) is 0 Å². The zero-order chi connectivity index (χ0) is 13.1. The molecule has 0 aliphatic heterocycles. The van der Waals surface area contributed by atoms with Crippen LogP contribution in [-0.4, -0.2) is 27.2 Å². The lowest BCUT2D eigenvalue weighted by atomic mass is 10.1. The first kappa shape index (κ1) is 11.8. The van der Waals surface area contributed by atoms with Gasteiger partial charge in [-0.2, -0.15) is 5.10 Å². The van der Waals surface area contributed by atoms with Gasteiger partial charge in [0.25, 0.3) is 5.91 Å². The Labute approximate surface area is 103 Å². The highest BCUT2D eigenvalue weighted by Crippen LogP contribution is 2.13. The van der Waals surface area contributed by atoms with E-state index < -0.39 is 11.9 Å². The van der Waals surface area contributed by atoms with Crippen molar-refractivity contribution in [1.82, 2.24) is 10.2 Å². The van der Waals surface area contributed by atoms with Crippen LogP contribution in [0.15, 0.2) is 30.5 Å². The Morgan fingerprint density at radius 1 is 1.28 bits per heavy atom. The lowest BCUT2D eigenvalue weighted by Gasteiger charge is -2.06. The van der Waals surface area contributed by atoms with E-state index in [2.05, 4.69) is 15.5 Å². The summed E-state index contributed by atoms with van der Waals surface area (Å²) in [5.74, 6) is -1.16. The molecule has 6 heteroatoms. The molecule has 92 valence electrons. The number of benzene rings is 1. The SMILES string of the molecule is Cc1cn[nH]c1NC(=O)c1ccccc1C(=O)O. The number of carbonyl (C=O) groups excluding carboxylic acids is 1. The number of amides is 1. The largest absolute Gasteiger partial charge is 0.478 e. The molecule has 0 saturated carbocycles. The van der Waals surface area contributed by atoms with Crippen LogP contribution in [0.3, 0.4) is 0 Å². The second-order valence-electron chi connectivity index (χ2n) is 3.73. The lowest BCUT2D eigenvalue weighted by Crippen LogP contribution is -2.17. The van der Waals surface area contributed by atoms with E-state index in [0.29, 0.717) is 5.82 Å². The number of aromatic nitrogens is 2. The van der Waals surface area contributed by atoms with Crippen LogP contribution in [0.4, 0.5) is 5.82 Å². The number of carbonyl (C=O) groups is 2. The zero-order valence-electron chi connectivity index (χ0n) is 9.60. The van der Waals surface area contributed by atoms with Crippen molar-refractivity contribution in [2.24, 2.45) is 0 Å². The second kappa shape index (κ2) is 4.70. The van der Waals surface area contributed by atoms with Crippen molar-refractivity contribution in [2.75, 3.05) is 5.32 Å². The Kier molecular flexibility index (Phi) is 3.09. The molecule has 0 fully saturated rings. The summed E-state index contributed by atoms with van der Waals surface area (Å²) in [5.41, 5.74) is 0.849. The Bertz CT molecular complexity index is 604. The molecule has 1 aromatic heterocycles. The Morgan fingerprint density at radius 3 is 2.50 bits per heavy atom. The van der Waals surface area contributed by atoms with Crippen LogP contribution in [0, 0.1) is 6.92 Å². The van der Waals surface area contributed by atoms with E-state index in [4.69, 9.17) is 5.11 Å². The molecule has 0 aliphatic carbocycles. The van der Waals surface area contributed by atoms with Gasteiger partial charge in [-0.3, -0.25) is 9.89 Å². The first-order valence-corrected chi connectivity index (χ1v) is 5.23. The minimum Gasteiger partial charge on any atom is -0.478 e. The third-order valence-corrected chi connectivity index (χ3v) is 2.47. The highest BCUT2D eigenvalue weighted by molar-refractivity contribution is 6.10. The van der Waals surface area contributed by atoms with Gasteiger partial charge in [0.1, 0.15) is 5.82 Å². The van der Waals surface area contributed by atoms with Crippen LogP contribution in [0.5, 0.6) is 0 Å². The number of aromatic amines is 1. The van der Waals surface area contributed by atoms with Gasteiger partial charge in [-0.1, -0.05) is 12.1 Å². The number of carboxylic acid groups (broad SMARTS) is 1. The maximum absolute atomic E-state index is 12.0. The second-order valence-corrected chi connectivity index (χ2v) is 3.73. The molecule has 18 heavy (non-hydrogen) atoms. The van der Waals surface area contributed by atoms with Crippen LogP contribution in [0.25, 0.3) is 0 Å². The summed E-state index contributed by atoms with van der Waals surface area (Å²) >= 11 is 0. The number of rotatable bonds is 3. The zero-order valence-corrected chi connectivity index (χ0v) is 9.60. The van der Waals surface area contributed by atoms with Gasteiger partial charge in [0.2, 0.25) is 0 Å². The predicted octanol–water partition coefficient (Wildman–Crippen LogP) is 1.67. The van der Waals surface area contributed by atoms with Crippen molar-refractivity contribution in [3.8, 4) is 0 Å². The molecule has 0 bridgehead atoms. The van der Waals surface area contributed by atoms with Crippen molar-refractivity contribution >= 4 is 17.7 Å². The average Bonchev–Trinajstić information content (AvgIpc) is 2.75. The van der Waals surface area contributed by atoms with Gasteiger partial charge in [-0.25, -0.2) is 4.79 Å². The molecule has 3 N–H and O–H groups in total. The molecule has 2 aromatic rings. The molecular formula is C12H11N3O3. The van der Waals surface area contributed by atoms with Gasteiger partial charge in [0, 0.05) is 5.56 Å². The summed E-state index contributed by atoms with van der Waals surface area (Å²) in [4.78, 5) is 23.0. The number of aryl methyl sites for hydroxylation is 1. The number of hydrogen-bond acceptors (Lipinski definition) is 3. The number of anilines is 1. The minimum absolute atomic E-state index is 0.0350. The third-order valence-electron chi connectivity index (χ3n) is 2.47. The standard InChI is InChI=1S/C12H11N3O3/c1-7-6-13-15-10(7)14-11(16)8-4-2-3-5-9(8)12(17)18/h2-6H,1H3,(H,17,18)(H2,13,14,15,16). The molecule has 0 aliphatic rings. The molecule has 6 nitrogen and oxygen atoms in total. The molecule has 1 amide bonds. The summed E-state index contributed by atoms with van der Waals surface area (Å²) < 4.78 is 0. The van der Waals surface area contributed by atoms with Gasteiger partial charge in [-0.15, -0.1) is 0 Å². The maximum Gasteiger partial charge on any atom is 0.336 e. The maximum atomic E-state index is 12.0. The van der Waals surface area contributed by atoms with Gasteiger partial charge in [-0.05, 0) is 19.1 Å². The fraction of sp³-hybridized carbons (Fsp3) is 0.0833. The summed E-state index contributed by atoms with van der Waals surface area (Å²) in [5, 5.41) is 18.0. The predicted molar refractivity (Wildman–Crippen MR) is 64.7 cm³/mol. The smallest absolute Gasteiger partial charge is 0.336 e. The third kappa shape index (κ3) is 2.22. The van der Waals surface area contributed by atoms with E-state index in [-0.39, 0.29) is 11.1 Å². The topological polar surface area (TPSA) is 95.1 Å². The first-order valence-electron chi connectivity index (χ1n) is 5.23. The van der Waals surface area contributed by atoms with Crippen LogP contribution >= 0.6 is 0 Å². The Morgan fingerprint density at radius 2 is 1.94 bits per heavy atom. The van der Waals surface area contributed by atoms with Gasteiger partial charge in [0.15, 0.2) is 0 Å². The van der Waals surface area contributed by atoms with Crippen LogP contribution in [-0.2, 0) is 0 Å². The van der Waals surface area contributed by atoms with Crippen molar-refractivity contribution in [3.05, 3.63) is 47.2 Å². The van der Waals surface area contributed by atoms with E-state index in [1.807, 2.05) is 0 Å². The van der Waals surface area contributed by atoms with E-state index in [1.165, 1.54) is 12.1 Å². The summed E-state index contributed by atoms with van der Waals surface area (Å²) in [6, 6.07) is 6.03. The highest BCUT2D eigenvalue weighted by atomic mass is 16.4. The van der Waals surface area contributed by atoms with Crippen molar-refractivity contribution in [1.29, 1.82) is 0 Å². The molecule has 0 unspecified atom stereocenters. The summed E-state index contributed by atoms with van der Waals surface area (Å²) in [6.45, 7) is 1.78. The number of nitrogens with one attached hydrogen (secondary N) is 2. The van der Waals surface area contributed by atoms with Gasteiger partial charge in [0.05, 0.1) is 17.3 Å². The van der Waals surface area contributed by atoms with Crippen LogP contribution in [0.1, 0.15) is 26.3 Å². The van der Waals surface area contributed by atoms with E-state index >= 15 is 0 Å². The molecule has 2 rings (SSSR count). The quantitative estimate of drug-likeness (QED) is 0.766. The molecule has 0 radical (unpaired) electrons. The molecule has 0 saturated heterocycles. The number of hydrogen-bond donors (Lipinski definition) is 3. The first-order chi connectivity index (χ1) is 8.59. The van der Waals surface area contributed by atoms with E-state index in [1.54, 1.807) is 25.3 Å².